The normalized spacial score (nSPS) is 10.8. The number of hydrogen-bond donors (Lipinski definition) is 0. The molecule has 0 aromatic carbocycles. The SMILES string of the molecule is CCn1cnc2ccnc(Cl)c21. The second-order valence-corrected chi connectivity index (χ2v) is 2.86. The number of imidazole rings is 1. The predicted molar refractivity (Wildman–Crippen MR) is 48.2 cm³/mol. The maximum absolute atomic E-state index is 5.91. The molecule has 0 fully saturated rings. The van der Waals surface area contributed by atoms with Crippen LogP contribution in [0.25, 0.3) is 11.0 Å². The van der Waals surface area contributed by atoms with Crippen molar-refractivity contribution in [3.63, 3.8) is 0 Å². The van der Waals surface area contributed by atoms with Crippen LogP contribution in [0.1, 0.15) is 6.92 Å². The molecular weight excluding hydrogens is 174 g/mol. The lowest BCUT2D eigenvalue weighted by Crippen LogP contribution is -1.91. The predicted octanol–water partition coefficient (Wildman–Crippen LogP) is 2.10. The summed E-state index contributed by atoms with van der Waals surface area (Å²) in [6, 6.07) is 1.85. The largest absolute Gasteiger partial charge is 0.328 e. The van der Waals surface area contributed by atoms with E-state index in [1.54, 1.807) is 12.5 Å². The third-order valence-electron chi connectivity index (χ3n) is 1.82. The molecule has 2 aromatic heterocycles. The monoisotopic (exact) mass is 181 g/mol. The van der Waals surface area contributed by atoms with E-state index in [1.165, 1.54) is 0 Å². The van der Waals surface area contributed by atoms with Crippen molar-refractivity contribution in [1.82, 2.24) is 14.5 Å². The van der Waals surface area contributed by atoms with Crippen LogP contribution in [-0.2, 0) is 6.54 Å². The summed E-state index contributed by atoms with van der Waals surface area (Å²) in [5.41, 5.74) is 1.82. The molecule has 12 heavy (non-hydrogen) atoms. The Bertz CT molecular complexity index is 408. The van der Waals surface area contributed by atoms with Gasteiger partial charge >= 0.3 is 0 Å². The molecule has 0 bridgehead atoms. The van der Waals surface area contributed by atoms with Gasteiger partial charge in [-0.25, -0.2) is 9.97 Å². The van der Waals surface area contributed by atoms with Gasteiger partial charge in [0.25, 0.3) is 0 Å². The number of nitrogens with zero attached hydrogens (tertiary/aromatic N) is 3. The first-order valence-corrected chi connectivity index (χ1v) is 4.16. The maximum Gasteiger partial charge on any atom is 0.154 e. The fraction of sp³-hybridized carbons (Fsp3) is 0.250. The zero-order valence-corrected chi connectivity index (χ0v) is 7.41. The van der Waals surface area contributed by atoms with Crippen molar-refractivity contribution in [2.45, 2.75) is 13.5 Å². The number of aromatic nitrogens is 3. The van der Waals surface area contributed by atoms with Crippen molar-refractivity contribution >= 4 is 22.6 Å². The third-order valence-corrected chi connectivity index (χ3v) is 2.10. The number of rotatable bonds is 1. The molecule has 2 rings (SSSR count). The van der Waals surface area contributed by atoms with Gasteiger partial charge in [-0.05, 0) is 13.0 Å². The van der Waals surface area contributed by atoms with Crippen LogP contribution in [0.5, 0.6) is 0 Å². The van der Waals surface area contributed by atoms with E-state index < -0.39 is 0 Å². The lowest BCUT2D eigenvalue weighted by molar-refractivity contribution is 0.786. The van der Waals surface area contributed by atoms with Crippen molar-refractivity contribution in [2.75, 3.05) is 0 Å². The molecule has 2 heterocycles. The van der Waals surface area contributed by atoms with E-state index in [1.807, 2.05) is 17.6 Å². The fourth-order valence-electron chi connectivity index (χ4n) is 1.22. The first-order valence-electron chi connectivity index (χ1n) is 3.78. The van der Waals surface area contributed by atoms with E-state index in [-0.39, 0.29) is 0 Å². The topological polar surface area (TPSA) is 30.7 Å². The van der Waals surface area contributed by atoms with E-state index >= 15 is 0 Å². The summed E-state index contributed by atoms with van der Waals surface area (Å²) in [6.07, 6.45) is 3.44. The van der Waals surface area contributed by atoms with Crippen LogP contribution in [0.2, 0.25) is 5.15 Å². The smallest absolute Gasteiger partial charge is 0.154 e. The molecule has 0 radical (unpaired) electrons. The van der Waals surface area contributed by atoms with E-state index in [0.717, 1.165) is 17.6 Å². The zero-order chi connectivity index (χ0) is 8.55. The molecule has 0 spiro atoms. The van der Waals surface area contributed by atoms with Crippen LogP contribution < -0.4 is 0 Å². The maximum atomic E-state index is 5.91. The molecule has 0 unspecified atom stereocenters. The van der Waals surface area contributed by atoms with Crippen LogP contribution in [0.3, 0.4) is 0 Å². The molecule has 0 amide bonds. The summed E-state index contributed by atoms with van der Waals surface area (Å²) >= 11 is 5.91. The van der Waals surface area contributed by atoms with Gasteiger partial charge < -0.3 is 4.57 Å². The molecule has 0 atom stereocenters. The molecule has 0 saturated carbocycles. The highest BCUT2D eigenvalue weighted by Crippen LogP contribution is 2.19. The highest BCUT2D eigenvalue weighted by molar-refractivity contribution is 6.33. The van der Waals surface area contributed by atoms with Crippen molar-refractivity contribution in [2.24, 2.45) is 0 Å². The standard InChI is InChI=1S/C8H8ClN3/c1-2-12-5-11-6-3-4-10-8(9)7(6)12/h3-5H,2H2,1H3. The average molecular weight is 182 g/mol. The fourth-order valence-corrected chi connectivity index (χ4v) is 1.48. The van der Waals surface area contributed by atoms with E-state index in [4.69, 9.17) is 11.6 Å². The molecule has 3 nitrogen and oxygen atoms in total. The van der Waals surface area contributed by atoms with Crippen LogP contribution in [0.15, 0.2) is 18.6 Å². The molecule has 0 saturated heterocycles. The first-order chi connectivity index (χ1) is 5.83. The molecule has 0 aliphatic rings. The van der Waals surface area contributed by atoms with Gasteiger partial charge in [-0.3, -0.25) is 0 Å². The number of fused-ring (bicyclic) bond motifs is 1. The summed E-state index contributed by atoms with van der Waals surface area (Å²) < 4.78 is 1.98. The van der Waals surface area contributed by atoms with Crippen LogP contribution >= 0.6 is 11.6 Å². The first kappa shape index (κ1) is 7.55. The van der Waals surface area contributed by atoms with E-state index in [9.17, 15) is 0 Å². The van der Waals surface area contributed by atoms with Gasteiger partial charge in [-0.15, -0.1) is 0 Å². The highest BCUT2D eigenvalue weighted by Gasteiger charge is 2.04. The van der Waals surface area contributed by atoms with Crippen molar-refractivity contribution in [3.05, 3.63) is 23.7 Å². The molecular formula is C8H8ClN3. The number of halogens is 1. The van der Waals surface area contributed by atoms with E-state index in [2.05, 4.69) is 9.97 Å². The summed E-state index contributed by atoms with van der Waals surface area (Å²) in [4.78, 5) is 8.18. The Morgan fingerprint density at radius 3 is 3.08 bits per heavy atom. The Balaban J connectivity index is 2.83. The number of pyridine rings is 1. The lowest BCUT2D eigenvalue weighted by atomic mass is 10.4. The van der Waals surface area contributed by atoms with Gasteiger partial charge in [-0.2, -0.15) is 0 Å². The van der Waals surface area contributed by atoms with Crippen LogP contribution in [0.4, 0.5) is 0 Å². The van der Waals surface area contributed by atoms with Crippen molar-refractivity contribution in [3.8, 4) is 0 Å². The van der Waals surface area contributed by atoms with Gasteiger partial charge in [0.15, 0.2) is 5.15 Å². The molecule has 2 aromatic rings. The Hall–Kier alpha value is -1.09. The summed E-state index contributed by atoms with van der Waals surface area (Å²) in [5, 5.41) is 0.520. The lowest BCUT2D eigenvalue weighted by Gasteiger charge is -1.98. The summed E-state index contributed by atoms with van der Waals surface area (Å²) in [7, 11) is 0. The molecule has 0 N–H and O–H groups in total. The summed E-state index contributed by atoms with van der Waals surface area (Å²) in [6.45, 7) is 2.91. The minimum atomic E-state index is 0.520. The minimum absolute atomic E-state index is 0.520. The number of hydrogen-bond acceptors (Lipinski definition) is 2. The Morgan fingerprint density at radius 1 is 1.50 bits per heavy atom. The molecule has 4 heteroatoms. The average Bonchev–Trinajstić information content (AvgIpc) is 2.49. The van der Waals surface area contributed by atoms with Gasteiger partial charge in [0, 0.05) is 12.7 Å². The van der Waals surface area contributed by atoms with E-state index in [0.29, 0.717) is 5.15 Å². The Morgan fingerprint density at radius 2 is 2.33 bits per heavy atom. The molecule has 0 aliphatic carbocycles. The van der Waals surface area contributed by atoms with Crippen LogP contribution in [-0.4, -0.2) is 14.5 Å². The second-order valence-electron chi connectivity index (χ2n) is 2.50. The Kier molecular flexibility index (Phi) is 1.73. The second kappa shape index (κ2) is 2.75. The minimum Gasteiger partial charge on any atom is -0.328 e. The molecule has 0 aliphatic heterocycles. The van der Waals surface area contributed by atoms with Gasteiger partial charge in [-0.1, -0.05) is 11.6 Å². The van der Waals surface area contributed by atoms with Gasteiger partial charge in [0.05, 0.1) is 11.8 Å². The summed E-state index contributed by atoms with van der Waals surface area (Å²) in [5.74, 6) is 0. The zero-order valence-electron chi connectivity index (χ0n) is 6.66. The third kappa shape index (κ3) is 0.975. The number of aryl methyl sites for hydroxylation is 1. The van der Waals surface area contributed by atoms with Crippen LogP contribution in [0, 0.1) is 0 Å². The van der Waals surface area contributed by atoms with Gasteiger partial charge in [0.1, 0.15) is 5.52 Å². The van der Waals surface area contributed by atoms with Gasteiger partial charge in [0.2, 0.25) is 0 Å². The quantitative estimate of drug-likeness (QED) is 0.631. The molecule has 62 valence electrons. The van der Waals surface area contributed by atoms with Crippen molar-refractivity contribution < 1.29 is 0 Å². The van der Waals surface area contributed by atoms with Crippen molar-refractivity contribution in [1.29, 1.82) is 0 Å². The Labute approximate surface area is 75.0 Å². The highest BCUT2D eigenvalue weighted by atomic mass is 35.5.